The molecule has 12 N–H and O–H groups in total. The van der Waals surface area contributed by atoms with Crippen molar-refractivity contribution in [3.05, 3.63) is 46.6 Å². The van der Waals surface area contributed by atoms with E-state index in [2.05, 4.69) is 0 Å². The quantitative estimate of drug-likeness (QED) is 0.100. The number of benzene rings is 2. The second-order valence-electron chi connectivity index (χ2n) is 12.9. The molecular weight excluding hydrogens is 716 g/mol. The lowest BCUT2D eigenvalue weighted by atomic mass is 9.97. The van der Waals surface area contributed by atoms with E-state index in [0.29, 0.717) is 0 Å². The van der Waals surface area contributed by atoms with Crippen molar-refractivity contribution in [3.63, 3.8) is 0 Å². The molecule has 292 valence electrons. The van der Waals surface area contributed by atoms with Gasteiger partial charge in [-0.2, -0.15) is 0 Å². The van der Waals surface area contributed by atoms with Gasteiger partial charge < -0.3 is 94.1 Å². The third-order valence-corrected chi connectivity index (χ3v) is 9.30. The minimum absolute atomic E-state index is 0.112. The molecule has 15 atom stereocenters. The van der Waals surface area contributed by atoms with Gasteiger partial charge in [-0.05, 0) is 31.2 Å². The van der Waals surface area contributed by atoms with Crippen LogP contribution >= 0.6 is 0 Å². The summed E-state index contributed by atoms with van der Waals surface area (Å²) in [5.74, 6) is -2.39. The maximum atomic E-state index is 14.0. The van der Waals surface area contributed by atoms with E-state index in [4.69, 9.17) is 32.8 Å². The van der Waals surface area contributed by atoms with E-state index in [0.717, 1.165) is 12.1 Å². The van der Waals surface area contributed by atoms with Gasteiger partial charge in [-0.3, -0.25) is 4.79 Å². The summed E-state index contributed by atoms with van der Waals surface area (Å²) in [5, 5.41) is 124. The summed E-state index contributed by atoms with van der Waals surface area (Å²) in [4.78, 5) is 14.0. The molecule has 0 radical (unpaired) electrons. The zero-order valence-corrected chi connectivity index (χ0v) is 27.7. The van der Waals surface area contributed by atoms with E-state index < -0.39 is 133 Å². The molecule has 0 bridgehead atoms. The fraction of sp³-hybridized carbons (Fsp3) is 0.545. The van der Waals surface area contributed by atoms with Crippen LogP contribution in [0.2, 0.25) is 0 Å². The number of ether oxygens (including phenoxy) is 6. The molecule has 2 aromatic carbocycles. The lowest BCUT2D eigenvalue weighted by Crippen LogP contribution is -2.65. The van der Waals surface area contributed by atoms with Gasteiger partial charge in [-0.15, -0.1) is 0 Å². The molecule has 3 aliphatic rings. The van der Waals surface area contributed by atoms with Crippen molar-refractivity contribution in [1.29, 1.82) is 0 Å². The summed E-state index contributed by atoms with van der Waals surface area (Å²) in [6.45, 7) is -0.140. The van der Waals surface area contributed by atoms with Gasteiger partial charge in [0.2, 0.25) is 17.5 Å². The summed E-state index contributed by atoms with van der Waals surface area (Å²) in [7, 11) is 0. The van der Waals surface area contributed by atoms with E-state index in [1.54, 1.807) is 0 Å². The molecule has 4 heterocycles. The predicted molar refractivity (Wildman–Crippen MR) is 171 cm³/mol. The molecule has 0 saturated carbocycles. The third kappa shape index (κ3) is 7.52. The van der Waals surface area contributed by atoms with E-state index in [1.165, 1.54) is 31.2 Å². The number of aliphatic hydroxyl groups excluding tert-OH is 9. The minimum atomic E-state index is -2.06. The number of rotatable bonds is 9. The maximum absolute atomic E-state index is 14.0. The molecule has 0 unspecified atom stereocenters. The van der Waals surface area contributed by atoms with E-state index in [9.17, 15) is 66.1 Å². The van der Waals surface area contributed by atoms with Crippen LogP contribution in [0.4, 0.5) is 0 Å². The second-order valence-corrected chi connectivity index (χ2v) is 12.9. The summed E-state index contributed by atoms with van der Waals surface area (Å²) in [5.41, 5.74) is -1.23. The highest BCUT2D eigenvalue weighted by Crippen LogP contribution is 2.38. The Kier molecular flexibility index (Phi) is 11.5. The van der Waals surface area contributed by atoms with Crippen LogP contribution in [0.15, 0.2) is 45.6 Å². The largest absolute Gasteiger partial charge is 0.508 e. The average Bonchev–Trinajstić information content (AvgIpc) is 3.12. The first-order chi connectivity index (χ1) is 25.1. The molecule has 0 amide bonds. The third-order valence-electron chi connectivity index (χ3n) is 9.30. The fourth-order valence-electron chi connectivity index (χ4n) is 6.25. The highest BCUT2D eigenvalue weighted by molar-refractivity contribution is 5.88. The highest BCUT2D eigenvalue weighted by Gasteiger charge is 2.52. The lowest BCUT2D eigenvalue weighted by molar-refractivity contribution is -0.362. The van der Waals surface area contributed by atoms with Crippen molar-refractivity contribution in [2.45, 2.75) is 99.0 Å². The van der Waals surface area contributed by atoms with Crippen LogP contribution in [0, 0.1) is 0 Å². The first-order valence-corrected chi connectivity index (χ1v) is 16.4. The van der Waals surface area contributed by atoms with E-state index in [-0.39, 0.29) is 22.7 Å². The Hall–Kier alpha value is -3.71. The molecule has 1 aromatic heterocycles. The van der Waals surface area contributed by atoms with Gasteiger partial charge in [0.1, 0.15) is 89.3 Å². The Bertz CT molecular complexity index is 1780. The Morgan fingerprint density at radius 3 is 1.98 bits per heavy atom. The van der Waals surface area contributed by atoms with Gasteiger partial charge in [-0.1, -0.05) is 0 Å². The fourth-order valence-corrected chi connectivity index (χ4v) is 6.25. The van der Waals surface area contributed by atoms with Crippen molar-refractivity contribution in [1.82, 2.24) is 0 Å². The zero-order valence-electron chi connectivity index (χ0n) is 27.7. The normalized spacial score (nSPS) is 37.8. The molecule has 3 fully saturated rings. The van der Waals surface area contributed by atoms with Gasteiger partial charge in [0.25, 0.3) is 0 Å². The van der Waals surface area contributed by atoms with Crippen LogP contribution in [-0.2, 0) is 23.7 Å². The van der Waals surface area contributed by atoms with Crippen molar-refractivity contribution in [3.8, 4) is 34.3 Å². The number of phenols is 3. The molecule has 20 nitrogen and oxygen atoms in total. The standard InChI is InChI=1S/C33H40O20/c1-10-19(38)23(42)26(45)31(48-10)47-9-17-21(40)25(44)30(53-32-27(46)24(43)20(39)16(8-34)50-32)33(51-17)52-29-22(41)18-14(37)6-13(36)7-15(18)49-28(29)11-2-4-12(35)5-3-11/h2-7,10,16-17,19-21,23-27,30-40,42-46H,8-9H2,1H3/t10-,16+,17+,19-,20+,21+,23+,24-,25-,26+,27+,30+,31+,32-,33-/m0/s1. The Morgan fingerprint density at radius 1 is 0.679 bits per heavy atom. The molecule has 3 aliphatic heterocycles. The van der Waals surface area contributed by atoms with Gasteiger partial charge in [0.15, 0.2) is 24.4 Å². The lowest BCUT2D eigenvalue weighted by Gasteiger charge is -2.46. The van der Waals surface area contributed by atoms with Gasteiger partial charge >= 0.3 is 0 Å². The van der Waals surface area contributed by atoms with Crippen LogP contribution in [0.3, 0.4) is 0 Å². The number of hydrogen-bond acceptors (Lipinski definition) is 20. The number of fused-ring (bicyclic) bond motifs is 1. The topological polar surface area (TPSA) is 328 Å². The molecular formula is C33H40O20. The smallest absolute Gasteiger partial charge is 0.239 e. The first kappa shape index (κ1) is 39.0. The van der Waals surface area contributed by atoms with Crippen LogP contribution in [0.5, 0.6) is 23.0 Å². The summed E-state index contributed by atoms with van der Waals surface area (Å²) in [6, 6.07) is 7.05. The van der Waals surface area contributed by atoms with Crippen LogP contribution in [-0.4, -0.2) is 167 Å². The number of hydrogen-bond donors (Lipinski definition) is 12. The number of aromatic hydroxyl groups is 3. The van der Waals surface area contributed by atoms with Gasteiger partial charge in [0, 0.05) is 17.7 Å². The van der Waals surface area contributed by atoms with Gasteiger partial charge in [0.05, 0.1) is 19.3 Å². The minimum Gasteiger partial charge on any atom is -0.508 e. The zero-order chi connectivity index (χ0) is 38.5. The number of aliphatic hydroxyl groups is 9. The Labute approximate surface area is 298 Å². The molecule has 6 rings (SSSR count). The molecule has 3 aromatic rings. The highest BCUT2D eigenvalue weighted by atomic mass is 16.8. The monoisotopic (exact) mass is 756 g/mol. The number of phenolic OH excluding ortho intramolecular Hbond substituents is 3. The predicted octanol–water partition coefficient (Wildman–Crippen LogP) is -3.57. The Balaban J connectivity index is 1.39. The molecule has 3 saturated heterocycles. The van der Waals surface area contributed by atoms with Crippen molar-refractivity contribution in [2.24, 2.45) is 0 Å². The Morgan fingerprint density at radius 2 is 1.30 bits per heavy atom. The second kappa shape index (κ2) is 15.6. The van der Waals surface area contributed by atoms with Crippen LogP contribution in [0.25, 0.3) is 22.3 Å². The summed E-state index contributed by atoms with van der Waals surface area (Å²) < 4.78 is 40.0. The van der Waals surface area contributed by atoms with Gasteiger partial charge in [-0.25, -0.2) is 0 Å². The summed E-state index contributed by atoms with van der Waals surface area (Å²) in [6.07, 6.45) is -26.1. The summed E-state index contributed by atoms with van der Waals surface area (Å²) >= 11 is 0. The van der Waals surface area contributed by atoms with Crippen molar-refractivity contribution >= 4 is 11.0 Å². The van der Waals surface area contributed by atoms with Crippen LogP contribution in [0.1, 0.15) is 6.92 Å². The average molecular weight is 757 g/mol. The maximum Gasteiger partial charge on any atom is 0.239 e. The molecule has 53 heavy (non-hydrogen) atoms. The van der Waals surface area contributed by atoms with E-state index >= 15 is 0 Å². The van der Waals surface area contributed by atoms with Crippen LogP contribution < -0.4 is 10.2 Å². The van der Waals surface area contributed by atoms with Crippen molar-refractivity contribution < 1.29 is 94.1 Å². The molecule has 0 aliphatic carbocycles. The molecule has 0 spiro atoms. The SMILES string of the molecule is C[C@@H]1O[C@@H](OC[C@H]2O[C@@H](Oc3c(-c4ccc(O)cc4)oc4cc(O)cc(O)c4c3=O)[C@H](O[C@@H]3O[C@H](CO)[C@@H](O)[C@H](O)[C@H]3O)[C@@H](O)[C@@H]2O)[C@H](O)[C@H](O)[C@H]1O. The first-order valence-electron chi connectivity index (χ1n) is 16.4. The van der Waals surface area contributed by atoms with Crippen molar-refractivity contribution in [2.75, 3.05) is 13.2 Å². The molecule has 20 heteroatoms. The van der Waals surface area contributed by atoms with E-state index in [1.807, 2.05) is 0 Å².